The fraction of sp³-hybridized carbons (Fsp3) is 0.300. The summed E-state index contributed by atoms with van der Waals surface area (Å²) in [6.45, 7) is 3.31. The smallest absolute Gasteiger partial charge is 0.251 e. The van der Waals surface area contributed by atoms with Gasteiger partial charge in [-0.05, 0) is 50.1 Å². The molecule has 0 spiro atoms. The molecule has 3 aromatic rings. The molecular weight excluding hydrogens is 316 g/mol. The van der Waals surface area contributed by atoms with Crippen molar-refractivity contribution in [3.63, 3.8) is 0 Å². The van der Waals surface area contributed by atoms with Crippen LogP contribution in [0.1, 0.15) is 30.1 Å². The van der Waals surface area contributed by atoms with Crippen molar-refractivity contribution in [1.82, 2.24) is 10.3 Å². The Kier molecular flexibility index (Phi) is 4.01. The van der Waals surface area contributed by atoms with Gasteiger partial charge in [0.2, 0.25) is 5.89 Å². The lowest BCUT2D eigenvalue weighted by atomic mass is 10.0. The minimum atomic E-state index is -0.257. The second-order valence-electron chi connectivity index (χ2n) is 6.65. The Bertz CT molecular complexity index is 896. The first-order valence-electron chi connectivity index (χ1n) is 8.51. The molecule has 1 aromatic heterocycles. The number of aromatic nitrogens is 1. The number of benzene rings is 2. The van der Waals surface area contributed by atoms with E-state index in [0.29, 0.717) is 23.6 Å². The maximum atomic E-state index is 12.4. The lowest BCUT2D eigenvalue weighted by Crippen LogP contribution is -2.40. The van der Waals surface area contributed by atoms with Crippen LogP contribution in [0.15, 0.2) is 52.9 Å². The Morgan fingerprint density at radius 2 is 2.08 bits per heavy atom. The van der Waals surface area contributed by atoms with Gasteiger partial charge in [-0.3, -0.25) is 4.79 Å². The first kappa shape index (κ1) is 15.8. The summed E-state index contributed by atoms with van der Waals surface area (Å²) in [4.78, 5) is 16.9. The van der Waals surface area contributed by atoms with Crippen LogP contribution in [0.3, 0.4) is 0 Å². The van der Waals surface area contributed by atoms with Crippen molar-refractivity contribution in [2.24, 2.45) is 0 Å². The van der Waals surface area contributed by atoms with Crippen molar-refractivity contribution in [2.45, 2.75) is 25.4 Å². The van der Waals surface area contributed by atoms with E-state index in [0.717, 1.165) is 30.5 Å². The lowest BCUT2D eigenvalue weighted by molar-refractivity contribution is 0.0206. The molecular formula is C20H20N2O3. The van der Waals surface area contributed by atoms with E-state index in [1.807, 2.05) is 43.3 Å². The number of fused-ring (bicyclic) bond motifs is 1. The molecule has 1 fully saturated rings. The van der Waals surface area contributed by atoms with E-state index in [1.165, 1.54) is 0 Å². The van der Waals surface area contributed by atoms with Gasteiger partial charge in [-0.1, -0.05) is 18.2 Å². The van der Waals surface area contributed by atoms with Crippen molar-refractivity contribution in [2.75, 3.05) is 13.2 Å². The molecule has 0 aliphatic carbocycles. The number of rotatable bonds is 4. The summed E-state index contributed by atoms with van der Waals surface area (Å²) in [6, 6.07) is 15.0. The zero-order valence-corrected chi connectivity index (χ0v) is 14.1. The zero-order chi connectivity index (χ0) is 17.3. The third-order valence-electron chi connectivity index (χ3n) is 4.59. The normalized spacial score (nSPS) is 20.0. The third kappa shape index (κ3) is 3.28. The van der Waals surface area contributed by atoms with Crippen molar-refractivity contribution in [1.29, 1.82) is 0 Å². The van der Waals surface area contributed by atoms with Gasteiger partial charge in [0.1, 0.15) is 5.52 Å². The summed E-state index contributed by atoms with van der Waals surface area (Å²) >= 11 is 0. The van der Waals surface area contributed by atoms with Gasteiger partial charge < -0.3 is 14.5 Å². The highest BCUT2D eigenvalue weighted by Gasteiger charge is 2.30. The summed E-state index contributed by atoms with van der Waals surface area (Å²) in [5, 5.41) is 2.96. The number of ether oxygens (including phenoxy) is 1. The number of carbonyl (C=O) groups is 1. The number of nitrogens with zero attached hydrogens (tertiary/aromatic N) is 1. The maximum Gasteiger partial charge on any atom is 0.251 e. The van der Waals surface area contributed by atoms with Gasteiger partial charge in [-0.15, -0.1) is 0 Å². The van der Waals surface area contributed by atoms with E-state index < -0.39 is 0 Å². The van der Waals surface area contributed by atoms with E-state index in [4.69, 9.17) is 9.15 Å². The SMILES string of the molecule is CC1(CNC(=O)c2ccc3nc(-c4ccccc4)oc3c2)CCCO1. The van der Waals surface area contributed by atoms with Crippen LogP contribution >= 0.6 is 0 Å². The second kappa shape index (κ2) is 6.33. The number of hydrogen-bond donors (Lipinski definition) is 1. The van der Waals surface area contributed by atoms with Crippen LogP contribution in [-0.4, -0.2) is 29.6 Å². The molecule has 0 bridgehead atoms. The minimum absolute atomic E-state index is 0.128. The molecule has 5 nitrogen and oxygen atoms in total. The highest BCUT2D eigenvalue weighted by atomic mass is 16.5. The third-order valence-corrected chi connectivity index (χ3v) is 4.59. The van der Waals surface area contributed by atoms with Gasteiger partial charge in [0.25, 0.3) is 5.91 Å². The molecule has 1 unspecified atom stereocenters. The molecule has 1 amide bonds. The van der Waals surface area contributed by atoms with E-state index in [1.54, 1.807) is 12.1 Å². The van der Waals surface area contributed by atoms with Crippen LogP contribution in [0.4, 0.5) is 0 Å². The number of oxazole rings is 1. The molecule has 5 heteroatoms. The average Bonchev–Trinajstić information content (AvgIpc) is 3.26. The highest BCUT2D eigenvalue weighted by Crippen LogP contribution is 2.26. The van der Waals surface area contributed by atoms with E-state index in [9.17, 15) is 4.79 Å². The number of carbonyl (C=O) groups excluding carboxylic acids is 1. The molecule has 25 heavy (non-hydrogen) atoms. The lowest BCUT2D eigenvalue weighted by Gasteiger charge is -2.23. The molecule has 0 radical (unpaired) electrons. The van der Waals surface area contributed by atoms with Gasteiger partial charge >= 0.3 is 0 Å². The van der Waals surface area contributed by atoms with Crippen LogP contribution in [0.5, 0.6) is 0 Å². The van der Waals surface area contributed by atoms with Gasteiger partial charge in [-0.2, -0.15) is 0 Å². The van der Waals surface area contributed by atoms with Crippen molar-refractivity contribution in [3.8, 4) is 11.5 Å². The molecule has 1 saturated heterocycles. The van der Waals surface area contributed by atoms with Crippen molar-refractivity contribution in [3.05, 3.63) is 54.1 Å². The van der Waals surface area contributed by atoms with E-state index >= 15 is 0 Å². The summed E-state index contributed by atoms with van der Waals surface area (Å²) in [6.07, 6.45) is 2.01. The van der Waals surface area contributed by atoms with Crippen LogP contribution in [0.25, 0.3) is 22.6 Å². The summed E-state index contributed by atoms with van der Waals surface area (Å²) in [7, 11) is 0. The molecule has 128 valence electrons. The van der Waals surface area contributed by atoms with Gasteiger partial charge in [0.15, 0.2) is 5.58 Å². The van der Waals surface area contributed by atoms with Gasteiger partial charge in [-0.25, -0.2) is 4.98 Å². The van der Waals surface area contributed by atoms with Crippen molar-refractivity contribution < 1.29 is 13.9 Å². The van der Waals surface area contributed by atoms with Gasteiger partial charge in [0, 0.05) is 24.3 Å². The molecule has 1 N–H and O–H groups in total. The molecule has 1 aliphatic heterocycles. The van der Waals surface area contributed by atoms with E-state index in [2.05, 4.69) is 10.3 Å². The van der Waals surface area contributed by atoms with Crippen molar-refractivity contribution >= 4 is 17.0 Å². The molecule has 2 heterocycles. The second-order valence-corrected chi connectivity index (χ2v) is 6.65. The van der Waals surface area contributed by atoms with Gasteiger partial charge in [0.05, 0.1) is 5.60 Å². The van der Waals surface area contributed by atoms with Crippen LogP contribution in [0, 0.1) is 0 Å². The Hall–Kier alpha value is -2.66. The average molecular weight is 336 g/mol. The van der Waals surface area contributed by atoms with Crippen LogP contribution in [0.2, 0.25) is 0 Å². The molecule has 2 aromatic carbocycles. The molecule has 0 saturated carbocycles. The molecule has 4 rings (SSSR count). The predicted molar refractivity (Wildman–Crippen MR) is 95.4 cm³/mol. The van der Waals surface area contributed by atoms with Crippen LogP contribution < -0.4 is 5.32 Å². The molecule has 1 aliphatic rings. The molecule has 1 atom stereocenters. The summed E-state index contributed by atoms with van der Waals surface area (Å²) < 4.78 is 11.5. The minimum Gasteiger partial charge on any atom is -0.436 e. The summed E-state index contributed by atoms with van der Waals surface area (Å²) in [5.74, 6) is 0.427. The maximum absolute atomic E-state index is 12.4. The fourth-order valence-electron chi connectivity index (χ4n) is 3.12. The van der Waals surface area contributed by atoms with E-state index in [-0.39, 0.29) is 11.5 Å². The zero-order valence-electron chi connectivity index (χ0n) is 14.1. The number of nitrogens with one attached hydrogen (secondary N) is 1. The standard InChI is InChI=1S/C20H20N2O3/c1-20(10-5-11-24-20)13-21-18(23)15-8-9-16-17(12-15)25-19(22-16)14-6-3-2-4-7-14/h2-4,6-9,12H,5,10-11,13H2,1H3,(H,21,23). The number of hydrogen-bond acceptors (Lipinski definition) is 4. The Labute approximate surface area is 146 Å². The Balaban J connectivity index is 1.53. The number of amides is 1. The monoisotopic (exact) mass is 336 g/mol. The topological polar surface area (TPSA) is 64.4 Å². The first-order valence-corrected chi connectivity index (χ1v) is 8.51. The Morgan fingerprint density at radius 3 is 2.84 bits per heavy atom. The highest BCUT2D eigenvalue weighted by molar-refractivity contribution is 5.97. The van der Waals surface area contributed by atoms with Crippen LogP contribution in [-0.2, 0) is 4.74 Å². The predicted octanol–water partition coefficient (Wildman–Crippen LogP) is 3.79. The largest absolute Gasteiger partial charge is 0.436 e. The first-order chi connectivity index (χ1) is 12.1. The quantitative estimate of drug-likeness (QED) is 0.787. The Morgan fingerprint density at radius 1 is 1.24 bits per heavy atom. The fourth-order valence-corrected chi connectivity index (χ4v) is 3.12. The summed E-state index contributed by atoms with van der Waals surface area (Å²) in [5.41, 5.74) is 2.56.